The first-order valence-electron chi connectivity index (χ1n) is 4.56. The third kappa shape index (κ3) is 1.75. The second-order valence-corrected chi connectivity index (χ2v) is 3.49. The number of carbonyl (C=O) groups is 1. The van der Waals surface area contributed by atoms with Crippen LogP contribution < -0.4 is 5.73 Å². The van der Waals surface area contributed by atoms with Crippen LogP contribution in [-0.4, -0.2) is 5.91 Å². The molecule has 0 fully saturated rings. The van der Waals surface area contributed by atoms with E-state index in [4.69, 9.17) is 5.73 Å². The lowest BCUT2D eigenvalue weighted by molar-refractivity contribution is -0.113. The fourth-order valence-electron chi connectivity index (χ4n) is 1.86. The lowest BCUT2D eigenvalue weighted by Gasteiger charge is -2.01. The van der Waals surface area contributed by atoms with E-state index in [9.17, 15) is 13.6 Å². The Hall–Kier alpha value is -1.71. The fraction of sp³-hybridized carbons (Fsp3) is 0.182. The van der Waals surface area contributed by atoms with E-state index in [1.165, 1.54) is 12.1 Å². The van der Waals surface area contributed by atoms with Crippen LogP contribution in [0.1, 0.15) is 17.5 Å². The van der Waals surface area contributed by atoms with Crippen molar-refractivity contribution in [1.29, 1.82) is 0 Å². The first kappa shape index (κ1) is 9.83. The monoisotopic (exact) mass is 209 g/mol. The number of benzene rings is 1. The Labute approximate surface area is 85.4 Å². The third-order valence-electron chi connectivity index (χ3n) is 2.47. The molecule has 1 amide bonds. The van der Waals surface area contributed by atoms with Crippen LogP contribution in [0.2, 0.25) is 0 Å². The molecule has 78 valence electrons. The Morgan fingerprint density at radius 3 is 2.73 bits per heavy atom. The summed E-state index contributed by atoms with van der Waals surface area (Å²) in [4.78, 5) is 10.7. The van der Waals surface area contributed by atoms with Crippen LogP contribution in [0.15, 0.2) is 18.2 Å². The number of rotatable bonds is 1. The van der Waals surface area contributed by atoms with Crippen molar-refractivity contribution < 1.29 is 13.6 Å². The maximum absolute atomic E-state index is 13.3. The first-order chi connectivity index (χ1) is 7.08. The molecule has 0 radical (unpaired) electrons. The highest BCUT2D eigenvalue weighted by Gasteiger charge is 2.21. The summed E-state index contributed by atoms with van der Waals surface area (Å²) in [6.07, 6.45) is 2.24. The van der Waals surface area contributed by atoms with Crippen LogP contribution in [0.5, 0.6) is 0 Å². The molecule has 1 aliphatic carbocycles. The molecule has 1 aromatic carbocycles. The minimum atomic E-state index is -0.636. The zero-order chi connectivity index (χ0) is 11.0. The first-order valence-corrected chi connectivity index (χ1v) is 4.56. The number of allylic oxidation sites excluding steroid dienone is 1. The largest absolute Gasteiger partial charge is 0.366 e. The molecule has 2 nitrogen and oxygen atoms in total. The van der Waals surface area contributed by atoms with E-state index in [1.54, 1.807) is 0 Å². The molecule has 15 heavy (non-hydrogen) atoms. The smallest absolute Gasteiger partial charge is 0.241 e. The normalized spacial score (nSPS) is 16.8. The SMILES string of the molecule is NC(=O)/C=C1\CCc2c(F)cc(F)cc21. The van der Waals surface area contributed by atoms with Gasteiger partial charge in [0.15, 0.2) is 0 Å². The highest BCUT2D eigenvalue weighted by molar-refractivity contribution is 5.95. The Balaban J connectivity index is 2.55. The zero-order valence-electron chi connectivity index (χ0n) is 7.89. The second-order valence-electron chi connectivity index (χ2n) is 3.49. The van der Waals surface area contributed by atoms with Crippen molar-refractivity contribution in [1.82, 2.24) is 0 Å². The Kier molecular flexibility index (Phi) is 2.26. The van der Waals surface area contributed by atoms with E-state index >= 15 is 0 Å². The van der Waals surface area contributed by atoms with Crippen LogP contribution in [0.3, 0.4) is 0 Å². The molecule has 1 aromatic rings. The summed E-state index contributed by atoms with van der Waals surface area (Å²) in [5, 5.41) is 0. The standard InChI is InChI=1S/C11H9F2NO/c12-7-4-9-6(3-11(14)15)1-2-8(9)10(13)5-7/h3-5H,1-2H2,(H2,14,15)/b6-3+. The summed E-state index contributed by atoms with van der Waals surface area (Å²) in [6.45, 7) is 0. The lowest BCUT2D eigenvalue weighted by atomic mass is 10.1. The molecular formula is C11H9F2NO. The molecule has 0 atom stereocenters. The third-order valence-corrected chi connectivity index (χ3v) is 2.47. The average Bonchev–Trinajstić information content (AvgIpc) is 2.48. The van der Waals surface area contributed by atoms with Gasteiger partial charge in [0.2, 0.25) is 5.91 Å². The molecule has 2 rings (SSSR count). The summed E-state index contributed by atoms with van der Waals surface area (Å²) in [5.41, 5.74) is 6.54. The summed E-state index contributed by atoms with van der Waals surface area (Å²) in [5.74, 6) is -1.79. The van der Waals surface area contributed by atoms with Gasteiger partial charge in [0.25, 0.3) is 0 Å². The highest BCUT2D eigenvalue weighted by atomic mass is 19.1. The van der Waals surface area contributed by atoms with Gasteiger partial charge in [0.05, 0.1) is 0 Å². The Morgan fingerprint density at radius 2 is 2.07 bits per heavy atom. The number of hydrogen-bond acceptors (Lipinski definition) is 1. The number of hydrogen-bond donors (Lipinski definition) is 1. The predicted molar refractivity (Wildman–Crippen MR) is 51.9 cm³/mol. The molecule has 0 unspecified atom stereocenters. The summed E-state index contributed by atoms with van der Waals surface area (Å²) < 4.78 is 26.2. The summed E-state index contributed by atoms with van der Waals surface area (Å²) in [7, 11) is 0. The number of halogens is 2. The van der Waals surface area contributed by atoms with Gasteiger partial charge < -0.3 is 5.73 Å². The van der Waals surface area contributed by atoms with Crippen molar-refractivity contribution in [3.05, 3.63) is 41.0 Å². The van der Waals surface area contributed by atoms with Crippen molar-refractivity contribution in [3.8, 4) is 0 Å². The number of primary amides is 1. The molecule has 0 heterocycles. The van der Waals surface area contributed by atoms with Crippen molar-refractivity contribution in [3.63, 3.8) is 0 Å². The average molecular weight is 209 g/mol. The van der Waals surface area contributed by atoms with Gasteiger partial charge in [-0.1, -0.05) is 0 Å². The second kappa shape index (κ2) is 3.46. The maximum Gasteiger partial charge on any atom is 0.241 e. The van der Waals surface area contributed by atoms with E-state index in [2.05, 4.69) is 0 Å². The van der Waals surface area contributed by atoms with Crippen LogP contribution >= 0.6 is 0 Å². The quantitative estimate of drug-likeness (QED) is 0.704. The van der Waals surface area contributed by atoms with Crippen molar-refractivity contribution >= 4 is 11.5 Å². The zero-order valence-corrected chi connectivity index (χ0v) is 7.89. The van der Waals surface area contributed by atoms with Gasteiger partial charge in [-0.2, -0.15) is 0 Å². The van der Waals surface area contributed by atoms with Crippen molar-refractivity contribution in [2.75, 3.05) is 0 Å². The van der Waals surface area contributed by atoms with Gasteiger partial charge in [0, 0.05) is 12.1 Å². The number of amides is 1. The molecule has 0 aliphatic heterocycles. The number of fused-ring (bicyclic) bond motifs is 1. The molecule has 0 bridgehead atoms. The molecular weight excluding hydrogens is 200 g/mol. The molecule has 0 saturated carbocycles. The topological polar surface area (TPSA) is 43.1 Å². The van der Waals surface area contributed by atoms with E-state index < -0.39 is 17.5 Å². The van der Waals surface area contributed by atoms with Gasteiger partial charge >= 0.3 is 0 Å². The van der Waals surface area contributed by atoms with Gasteiger partial charge in [-0.05, 0) is 35.6 Å². The van der Waals surface area contributed by atoms with Crippen LogP contribution in [-0.2, 0) is 11.2 Å². The van der Waals surface area contributed by atoms with Crippen molar-refractivity contribution in [2.45, 2.75) is 12.8 Å². The van der Waals surface area contributed by atoms with Gasteiger partial charge in [-0.15, -0.1) is 0 Å². The molecule has 0 saturated heterocycles. The fourth-order valence-corrected chi connectivity index (χ4v) is 1.86. The molecule has 1 aliphatic rings. The lowest BCUT2D eigenvalue weighted by Crippen LogP contribution is -2.06. The van der Waals surface area contributed by atoms with Crippen LogP contribution in [0.4, 0.5) is 8.78 Å². The highest BCUT2D eigenvalue weighted by Crippen LogP contribution is 2.34. The minimum Gasteiger partial charge on any atom is -0.366 e. The van der Waals surface area contributed by atoms with E-state index in [0.717, 1.165) is 6.07 Å². The van der Waals surface area contributed by atoms with E-state index in [-0.39, 0.29) is 0 Å². The van der Waals surface area contributed by atoms with Crippen LogP contribution in [0, 0.1) is 11.6 Å². The van der Waals surface area contributed by atoms with Gasteiger partial charge in [-0.25, -0.2) is 8.78 Å². The van der Waals surface area contributed by atoms with Gasteiger partial charge in [-0.3, -0.25) is 4.79 Å². The molecule has 0 aromatic heterocycles. The molecule has 2 N–H and O–H groups in total. The number of carbonyl (C=O) groups excluding carboxylic acids is 1. The van der Waals surface area contributed by atoms with Gasteiger partial charge in [0.1, 0.15) is 11.6 Å². The predicted octanol–water partition coefficient (Wildman–Crippen LogP) is 1.78. The maximum atomic E-state index is 13.3. The number of nitrogens with two attached hydrogens (primary N) is 1. The van der Waals surface area contributed by atoms with E-state index in [1.807, 2.05) is 0 Å². The molecule has 4 heteroatoms. The summed E-state index contributed by atoms with van der Waals surface area (Å²) >= 11 is 0. The minimum absolute atomic E-state index is 0.462. The molecule has 0 spiro atoms. The van der Waals surface area contributed by atoms with E-state index in [0.29, 0.717) is 29.5 Å². The van der Waals surface area contributed by atoms with Crippen molar-refractivity contribution in [2.24, 2.45) is 5.73 Å². The van der Waals surface area contributed by atoms with Crippen LogP contribution in [0.25, 0.3) is 5.57 Å². The Morgan fingerprint density at radius 1 is 1.33 bits per heavy atom. The Bertz CT molecular complexity index is 466. The summed E-state index contributed by atoms with van der Waals surface area (Å²) in [6, 6.07) is 2.09.